The van der Waals surface area contributed by atoms with Crippen LogP contribution in [0.3, 0.4) is 0 Å². The second kappa shape index (κ2) is 7.13. The van der Waals surface area contributed by atoms with E-state index in [-0.39, 0.29) is 6.42 Å². The third-order valence-electron chi connectivity index (χ3n) is 2.58. The minimum absolute atomic E-state index is 0.337. The van der Waals surface area contributed by atoms with Crippen LogP contribution in [0.25, 0.3) is 0 Å². The molecule has 0 saturated carbocycles. The number of hydrogen-bond acceptors (Lipinski definition) is 5. The molecule has 0 fully saturated rings. The summed E-state index contributed by atoms with van der Waals surface area (Å²) in [6.45, 7) is 0. The van der Waals surface area contributed by atoms with Crippen molar-refractivity contribution in [1.82, 2.24) is 5.32 Å². The molecule has 1 atom stereocenters. The van der Waals surface area contributed by atoms with Gasteiger partial charge in [-0.1, -0.05) is 0 Å². The highest BCUT2D eigenvalue weighted by molar-refractivity contribution is 5.99. The van der Waals surface area contributed by atoms with Crippen molar-refractivity contribution < 1.29 is 29.0 Å². The van der Waals surface area contributed by atoms with Gasteiger partial charge in [0.15, 0.2) is 5.78 Å². The molecule has 1 aromatic rings. The zero-order valence-corrected chi connectivity index (χ0v) is 11.1. The molecule has 0 radical (unpaired) electrons. The van der Waals surface area contributed by atoms with Crippen LogP contribution in [0, 0.1) is 0 Å². The Hall–Kier alpha value is -2.57. The lowest BCUT2D eigenvalue weighted by Gasteiger charge is -2.12. The summed E-state index contributed by atoms with van der Waals surface area (Å²) in [6, 6.07) is 4.90. The van der Waals surface area contributed by atoms with E-state index in [1.165, 1.54) is 19.2 Å². The Kier molecular flexibility index (Phi) is 5.52. The number of amides is 1. The van der Waals surface area contributed by atoms with Gasteiger partial charge in [-0.05, 0) is 24.3 Å². The fourth-order valence-electron chi connectivity index (χ4n) is 1.48. The number of carbonyl (C=O) groups excluding carboxylic acids is 2. The number of rotatable bonds is 6. The van der Waals surface area contributed by atoms with Crippen LogP contribution in [0.2, 0.25) is 0 Å². The molecule has 0 aliphatic heterocycles. The zero-order valence-electron chi connectivity index (χ0n) is 11.1. The number of alkyl carbamates (subject to hydrolysis) is 1. The predicted molar refractivity (Wildman–Crippen MR) is 68.9 cm³/mol. The van der Waals surface area contributed by atoms with E-state index >= 15 is 0 Å². The number of carbonyl (C=O) groups is 3. The van der Waals surface area contributed by atoms with E-state index < -0.39 is 23.9 Å². The Morgan fingerprint density at radius 2 is 1.80 bits per heavy atom. The first-order valence-corrected chi connectivity index (χ1v) is 5.72. The second-order valence-electron chi connectivity index (χ2n) is 3.88. The molecule has 0 heterocycles. The van der Waals surface area contributed by atoms with Crippen molar-refractivity contribution >= 4 is 17.8 Å². The highest BCUT2D eigenvalue weighted by Crippen LogP contribution is 2.13. The summed E-state index contributed by atoms with van der Waals surface area (Å²) in [5.41, 5.74) is 0.337. The summed E-state index contributed by atoms with van der Waals surface area (Å²) in [6.07, 6.45) is -1.27. The Labute approximate surface area is 115 Å². The molecule has 1 aromatic carbocycles. The van der Waals surface area contributed by atoms with Gasteiger partial charge in [0.05, 0.1) is 14.2 Å². The standard InChI is InChI=1S/C13H15NO6/c1-19-9-5-3-8(4-6-9)11(15)7-10(12(16)17)14-13(18)20-2/h3-6,10H,7H2,1-2H3,(H,14,18)(H,16,17)/t10-/m1/s1. The SMILES string of the molecule is COC(=O)N[C@H](CC(=O)c1ccc(OC)cc1)C(=O)O. The van der Waals surface area contributed by atoms with Crippen LogP contribution >= 0.6 is 0 Å². The van der Waals surface area contributed by atoms with E-state index in [0.717, 1.165) is 7.11 Å². The summed E-state index contributed by atoms with van der Waals surface area (Å²) in [5.74, 6) is -1.13. The van der Waals surface area contributed by atoms with Gasteiger partial charge in [-0.2, -0.15) is 0 Å². The summed E-state index contributed by atoms with van der Waals surface area (Å²) in [4.78, 5) is 33.9. The van der Waals surface area contributed by atoms with Crippen molar-refractivity contribution in [3.05, 3.63) is 29.8 Å². The van der Waals surface area contributed by atoms with E-state index in [2.05, 4.69) is 10.1 Å². The minimum atomic E-state index is -1.34. The molecule has 7 heteroatoms. The molecule has 0 bridgehead atoms. The molecule has 7 nitrogen and oxygen atoms in total. The van der Waals surface area contributed by atoms with E-state index in [1.807, 2.05) is 0 Å². The lowest BCUT2D eigenvalue weighted by atomic mass is 10.0. The molecule has 0 aliphatic carbocycles. The van der Waals surface area contributed by atoms with Crippen molar-refractivity contribution in [3.8, 4) is 5.75 Å². The average molecular weight is 281 g/mol. The van der Waals surface area contributed by atoms with Gasteiger partial charge in [0.2, 0.25) is 0 Å². The highest BCUT2D eigenvalue weighted by atomic mass is 16.5. The van der Waals surface area contributed by atoms with Crippen molar-refractivity contribution in [2.24, 2.45) is 0 Å². The maximum absolute atomic E-state index is 11.9. The number of Topliss-reactive ketones (excluding diaryl/α,β-unsaturated/α-hetero) is 1. The third-order valence-corrected chi connectivity index (χ3v) is 2.58. The number of carboxylic acids is 1. The first kappa shape index (κ1) is 15.5. The van der Waals surface area contributed by atoms with Crippen molar-refractivity contribution in [1.29, 1.82) is 0 Å². The van der Waals surface area contributed by atoms with Gasteiger partial charge in [0, 0.05) is 12.0 Å². The van der Waals surface area contributed by atoms with Crippen LogP contribution in [-0.2, 0) is 9.53 Å². The van der Waals surface area contributed by atoms with E-state index in [0.29, 0.717) is 11.3 Å². The lowest BCUT2D eigenvalue weighted by Crippen LogP contribution is -2.42. The topological polar surface area (TPSA) is 102 Å². The van der Waals surface area contributed by atoms with Crippen molar-refractivity contribution in [3.63, 3.8) is 0 Å². The van der Waals surface area contributed by atoms with E-state index in [9.17, 15) is 14.4 Å². The first-order valence-electron chi connectivity index (χ1n) is 5.72. The zero-order chi connectivity index (χ0) is 15.1. The van der Waals surface area contributed by atoms with Crippen molar-refractivity contribution in [2.75, 3.05) is 14.2 Å². The molecule has 0 spiro atoms. The number of ketones is 1. The Bertz CT molecular complexity index is 496. The van der Waals surface area contributed by atoms with Gasteiger partial charge < -0.3 is 19.9 Å². The number of methoxy groups -OCH3 is 2. The highest BCUT2D eigenvalue weighted by Gasteiger charge is 2.24. The molecule has 2 N–H and O–H groups in total. The Balaban J connectivity index is 2.74. The Morgan fingerprint density at radius 3 is 2.25 bits per heavy atom. The van der Waals surface area contributed by atoms with Crippen LogP contribution in [0.1, 0.15) is 16.8 Å². The molecule has 1 rings (SSSR count). The van der Waals surface area contributed by atoms with Gasteiger partial charge in [-0.15, -0.1) is 0 Å². The third kappa shape index (κ3) is 4.27. The summed E-state index contributed by atoms with van der Waals surface area (Å²) < 4.78 is 9.26. The second-order valence-corrected chi connectivity index (χ2v) is 3.88. The number of ether oxygens (including phenoxy) is 2. The maximum atomic E-state index is 11.9. The largest absolute Gasteiger partial charge is 0.497 e. The number of carboxylic acid groups (broad SMARTS) is 1. The quantitative estimate of drug-likeness (QED) is 0.756. The number of aliphatic carboxylic acids is 1. The van der Waals surface area contributed by atoms with Gasteiger partial charge in [0.1, 0.15) is 11.8 Å². The van der Waals surface area contributed by atoms with E-state index in [1.54, 1.807) is 12.1 Å². The van der Waals surface area contributed by atoms with Gasteiger partial charge in [-0.3, -0.25) is 4.79 Å². The molecule has 0 unspecified atom stereocenters. The molecule has 0 aromatic heterocycles. The first-order chi connectivity index (χ1) is 9.47. The number of benzene rings is 1. The van der Waals surface area contributed by atoms with Gasteiger partial charge in [-0.25, -0.2) is 9.59 Å². The fourth-order valence-corrected chi connectivity index (χ4v) is 1.48. The molecular formula is C13H15NO6. The van der Waals surface area contributed by atoms with Crippen LogP contribution in [0.5, 0.6) is 5.75 Å². The number of nitrogens with one attached hydrogen (secondary N) is 1. The maximum Gasteiger partial charge on any atom is 0.407 e. The lowest BCUT2D eigenvalue weighted by molar-refractivity contribution is -0.139. The molecule has 108 valence electrons. The molecular weight excluding hydrogens is 266 g/mol. The summed E-state index contributed by atoms with van der Waals surface area (Å²) in [5, 5.41) is 11.0. The smallest absolute Gasteiger partial charge is 0.407 e. The van der Waals surface area contributed by atoms with Crippen LogP contribution < -0.4 is 10.1 Å². The fraction of sp³-hybridized carbons (Fsp3) is 0.308. The minimum Gasteiger partial charge on any atom is -0.497 e. The molecule has 20 heavy (non-hydrogen) atoms. The molecule has 0 saturated heterocycles. The average Bonchev–Trinajstić information content (AvgIpc) is 2.46. The predicted octanol–water partition coefficient (Wildman–Crippen LogP) is 1.08. The monoisotopic (exact) mass is 281 g/mol. The van der Waals surface area contributed by atoms with Crippen LogP contribution in [0.4, 0.5) is 4.79 Å². The summed E-state index contributed by atoms with van der Waals surface area (Å²) in [7, 11) is 2.61. The Morgan fingerprint density at radius 1 is 1.20 bits per heavy atom. The van der Waals surface area contributed by atoms with Crippen LogP contribution in [0.15, 0.2) is 24.3 Å². The van der Waals surface area contributed by atoms with Gasteiger partial charge in [0.25, 0.3) is 0 Å². The number of hydrogen-bond donors (Lipinski definition) is 2. The molecule has 1 amide bonds. The van der Waals surface area contributed by atoms with Crippen LogP contribution in [-0.4, -0.2) is 43.2 Å². The van der Waals surface area contributed by atoms with Gasteiger partial charge >= 0.3 is 12.1 Å². The summed E-state index contributed by atoms with van der Waals surface area (Å²) >= 11 is 0. The normalized spacial score (nSPS) is 11.3. The molecule has 0 aliphatic rings. The van der Waals surface area contributed by atoms with E-state index in [4.69, 9.17) is 9.84 Å². The van der Waals surface area contributed by atoms with Crippen molar-refractivity contribution in [2.45, 2.75) is 12.5 Å².